The van der Waals surface area contributed by atoms with E-state index in [2.05, 4.69) is 10.6 Å². The Morgan fingerprint density at radius 1 is 1.05 bits per heavy atom. The Labute approximate surface area is 215 Å². The second-order valence-corrected chi connectivity index (χ2v) is 9.65. The van der Waals surface area contributed by atoms with Crippen LogP contribution in [-0.4, -0.2) is 49.3 Å². The number of anilines is 1. The van der Waals surface area contributed by atoms with Gasteiger partial charge in [0, 0.05) is 16.8 Å². The van der Waals surface area contributed by atoms with Gasteiger partial charge in [-0.05, 0) is 80.6 Å². The lowest BCUT2D eigenvalue weighted by molar-refractivity contribution is -0.148. The van der Waals surface area contributed by atoms with Crippen molar-refractivity contribution in [2.45, 2.75) is 37.9 Å². The summed E-state index contributed by atoms with van der Waals surface area (Å²) in [6.07, 6.45) is -3.37. The van der Waals surface area contributed by atoms with Crippen LogP contribution in [-0.2, 0) is 11.2 Å². The van der Waals surface area contributed by atoms with Gasteiger partial charge in [-0.25, -0.2) is 13.6 Å². The first-order valence-electron chi connectivity index (χ1n) is 11.8. The molecule has 4 rings (SSSR count). The molecule has 2 amide bonds. The van der Waals surface area contributed by atoms with Gasteiger partial charge >= 0.3 is 12.3 Å². The molecule has 1 saturated heterocycles. The second kappa shape index (κ2) is 11.2. The third kappa shape index (κ3) is 6.89. The van der Waals surface area contributed by atoms with Crippen LogP contribution in [0.4, 0.5) is 32.4 Å². The third-order valence-electron chi connectivity index (χ3n) is 6.61. The minimum Gasteiger partial charge on any atom is -0.449 e. The van der Waals surface area contributed by atoms with Gasteiger partial charge in [-0.2, -0.15) is 13.2 Å². The van der Waals surface area contributed by atoms with Crippen LogP contribution in [0.15, 0.2) is 30.3 Å². The van der Waals surface area contributed by atoms with E-state index in [1.807, 2.05) is 0 Å². The zero-order chi connectivity index (χ0) is 26.7. The number of benzene rings is 2. The summed E-state index contributed by atoms with van der Waals surface area (Å²) in [4.78, 5) is 26.6. The predicted octanol–water partition coefficient (Wildman–Crippen LogP) is 5.86. The molecule has 0 bridgehead atoms. The van der Waals surface area contributed by atoms with E-state index < -0.39 is 42.4 Å². The van der Waals surface area contributed by atoms with E-state index in [-0.39, 0.29) is 47.5 Å². The first-order valence-corrected chi connectivity index (χ1v) is 12.2. The smallest absolute Gasteiger partial charge is 0.407 e. The van der Waals surface area contributed by atoms with E-state index in [4.69, 9.17) is 16.3 Å². The molecule has 37 heavy (non-hydrogen) atoms. The lowest BCUT2D eigenvalue weighted by atomic mass is 9.98. The van der Waals surface area contributed by atoms with E-state index in [1.165, 1.54) is 23.1 Å². The summed E-state index contributed by atoms with van der Waals surface area (Å²) in [5.74, 6) is -1.79. The Balaban J connectivity index is 1.33. The molecule has 1 fully saturated rings. The number of piperidine rings is 1. The molecule has 12 heteroatoms. The lowest BCUT2D eigenvalue weighted by Gasteiger charge is -2.32. The van der Waals surface area contributed by atoms with Crippen LogP contribution in [0.3, 0.4) is 0 Å². The van der Waals surface area contributed by atoms with Gasteiger partial charge in [-0.3, -0.25) is 9.69 Å². The number of rotatable bonds is 6. The maximum Gasteiger partial charge on any atom is 0.407 e. The highest BCUT2D eigenvalue weighted by molar-refractivity contribution is 6.31. The van der Waals surface area contributed by atoms with Crippen LogP contribution in [0.5, 0.6) is 0 Å². The maximum absolute atomic E-state index is 14.7. The number of likely N-dealkylation sites (tertiary alicyclic amines) is 1. The number of hydrogen-bond donors (Lipinski definition) is 2. The number of amides is 2. The minimum atomic E-state index is -4.24. The summed E-state index contributed by atoms with van der Waals surface area (Å²) in [6, 6.07) is 5.52. The number of alkyl carbamates (subject to hydrolysis) is 1. The molecule has 1 heterocycles. The standard InChI is InChI=1S/C25H25ClF5N3O3/c26-18-11-15(1-4-19(18)27)32-23(35)17-2-5-20(28)22-16(17)3-6-21(22)33-24(36)37-12-14-7-9-34(10-8-14)13-25(29,30)31/h1-2,4-5,11,14,21H,3,6-10,12-13H2,(H,32,35)(H,33,36)/t21-/m0/s1. The summed E-state index contributed by atoms with van der Waals surface area (Å²) < 4.78 is 71.0. The monoisotopic (exact) mass is 545 g/mol. The first-order chi connectivity index (χ1) is 17.5. The van der Waals surface area contributed by atoms with Crippen molar-refractivity contribution in [3.63, 3.8) is 0 Å². The number of halogens is 6. The fraction of sp³-hybridized carbons (Fsp3) is 0.440. The van der Waals surface area contributed by atoms with Crippen molar-refractivity contribution < 1.29 is 36.3 Å². The fourth-order valence-electron chi connectivity index (χ4n) is 4.79. The van der Waals surface area contributed by atoms with Gasteiger partial charge in [0.1, 0.15) is 11.6 Å². The molecule has 2 aromatic rings. The molecule has 200 valence electrons. The number of alkyl halides is 3. The second-order valence-electron chi connectivity index (χ2n) is 9.24. The Bertz CT molecular complexity index is 1170. The number of nitrogens with zero attached hydrogens (tertiary/aromatic N) is 1. The minimum absolute atomic E-state index is 0.0520. The zero-order valence-corrected chi connectivity index (χ0v) is 20.4. The molecule has 2 aliphatic rings. The van der Waals surface area contributed by atoms with Gasteiger partial charge in [-0.15, -0.1) is 0 Å². The van der Waals surface area contributed by atoms with Crippen molar-refractivity contribution in [1.82, 2.24) is 10.2 Å². The first kappa shape index (κ1) is 27.1. The topological polar surface area (TPSA) is 70.7 Å². The molecule has 2 aromatic carbocycles. The van der Waals surface area contributed by atoms with Crippen molar-refractivity contribution in [3.05, 3.63) is 63.7 Å². The molecule has 1 aliphatic heterocycles. The summed E-state index contributed by atoms with van der Waals surface area (Å²) in [5, 5.41) is 5.09. The highest BCUT2D eigenvalue weighted by Crippen LogP contribution is 2.36. The number of carbonyl (C=O) groups excluding carboxylic acids is 2. The average Bonchev–Trinajstić information content (AvgIpc) is 3.24. The molecule has 0 aromatic heterocycles. The van der Waals surface area contributed by atoms with Crippen molar-refractivity contribution in [1.29, 1.82) is 0 Å². The van der Waals surface area contributed by atoms with Crippen LogP contribution in [0.25, 0.3) is 0 Å². The van der Waals surface area contributed by atoms with Gasteiger partial charge in [-0.1, -0.05) is 11.6 Å². The number of ether oxygens (including phenoxy) is 1. The van der Waals surface area contributed by atoms with Crippen LogP contribution in [0.1, 0.15) is 46.8 Å². The van der Waals surface area contributed by atoms with Crippen molar-refractivity contribution in [3.8, 4) is 0 Å². The molecule has 2 N–H and O–H groups in total. The van der Waals surface area contributed by atoms with E-state index >= 15 is 0 Å². The Morgan fingerprint density at radius 3 is 2.43 bits per heavy atom. The molecule has 0 radical (unpaired) electrons. The van der Waals surface area contributed by atoms with Crippen LogP contribution in [0.2, 0.25) is 5.02 Å². The average molecular weight is 546 g/mol. The van der Waals surface area contributed by atoms with Gasteiger partial charge < -0.3 is 15.4 Å². The number of carbonyl (C=O) groups is 2. The van der Waals surface area contributed by atoms with Crippen molar-refractivity contribution in [2.75, 3.05) is 31.6 Å². The van der Waals surface area contributed by atoms with E-state index in [0.29, 0.717) is 31.2 Å². The molecule has 6 nitrogen and oxygen atoms in total. The molecule has 1 aliphatic carbocycles. The van der Waals surface area contributed by atoms with Gasteiger partial charge in [0.15, 0.2) is 0 Å². The molecule has 0 unspecified atom stereocenters. The van der Waals surface area contributed by atoms with Gasteiger partial charge in [0.2, 0.25) is 0 Å². The highest BCUT2D eigenvalue weighted by Gasteiger charge is 2.34. The number of hydrogen-bond acceptors (Lipinski definition) is 4. The summed E-state index contributed by atoms with van der Waals surface area (Å²) in [5.41, 5.74) is 1.14. The van der Waals surface area contributed by atoms with Gasteiger partial charge in [0.25, 0.3) is 5.91 Å². The number of nitrogens with one attached hydrogen (secondary N) is 2. The molecule has 0 saturated carbocycles. The molecule has 0 spiro atoms. The van der Waals surface area contributed by atoms with Crippen LogP contribution < -0.4 is 10.6 Å². The van der Waals surface area contributed by atoms with E-state index in [0.717, 1.165) is 12.1 Å². The van der Waals surface area contributed by atoms with E-state index in [9.17, 15) is 31.5 Å². The van der Waals surface area contributed by atoms with Crippen LogP contribution in [0, 0.1) is 17.6 Å². The highest BCUT2D eigenvalue weighted by atomic mass is 35.5. The van der Waals surface area contributed by atoms with Crippen molar-refractivity contribution in [2.24, 2.45) is 5.92 Å². The van der Waals surface area contributed by atoms with Crippen molar-refractivity contribution >= 4 is 29.3 Å². The Hall–Kier alpha value is -2.92. The zero-order valence-electron chi connectivity index (χ0n) is 19.6. The van der Waals surface area contributed by atoms with Gasteiger partial charge in [0.05, 0.1) is 24.2 Å². The lowest BCUT2D eigenvalue weighted by Crippen LogP contribution is -2.41. The molecule has 1 atom stereocenters. The summed E-state index contributed by atoms with van der Waals surface area (Å²) >= 11 is 5.76. The number of fused-ring (bicyclic) bond motifs is 1. The largest absolute Gasteiger partial charge is 0.449 e. The fourth-order valence-corrected chi connectivity index (χ4v) is 4.97. The Morgan fingerprint density at radius 2 is 1.76 bits per heavy atom. The normalized spacial score (nSPS) is 18.4. The molecular weight excluding hydrogens is 521 g/mol. The predicted molar refractivity (Wildman–Crippen MR) is 127 cm³/mol. The quantitative estimate of drug-likeness (QED) is 0.446. The maximum atomic E-state index is 14.7. The van der Waals surface area contributed by atoms with Crippen LogP contribution >= 0.6 is 11.6 Å². The molecular formula is C25H25ClF5N3O3. The SMILES string of the molecule is O=C(N[C@H]1CCc2c(C(=O)Nc3ccc(F)c(Cl)c3)ccc(F)c21)OCC1CCN(CC(F)(F)F)CC1. The van der Waals surface area contributed by atoms with E-state index in [1.54, 1.807) is 0 Å². The summed E-state index contributed by atoms with van der Waals surface area (Å²) in [7, 11) is 0. The third-order valence-corrected chi connectivity index (χ3v) is 6.90. The Kier molecular flexibility index (Phi) is 8.23. The summed E-state index contributed by atoms with van der Waals surface area (Å²) in [6.45, 7) is -0.363.